The molecule has 2 aromatic rings. The fraction of sp³-hybridized carbons (Fsp3) is 0.333. The molecule has 3 rings (SSSR count). The molecule has 0 aromatic carbocycles. The predicted octanol–water partition coefficient (Wildman–Crippen LogP) is 2.71. The Kier molecular flexibility index (Phi) is 3.44. The van der Waals surface area contributed by atoms with Gasteiger partial charge in [0, 0.05) is 24.1 Å². The number of likely N-dealkylation sites (N-methyl/N-ethyl adjacent to an activating group) is 1. The van der Waals surface area contributed by atoms with Gasteiger partial charge < -0.3 is 15.2 Å². The molecule has 2 atom stereocenters. The Balaban J connectivity index is 2.02. The molecule has 3 heterocycles. The molecular formula is C15H18N4S. The largest absolute Gasteiger partial charge is 0.361 e. The van der Waals surface area contributed by atoms with Crippen LogP contribution in [0.15, 0.2) is 36.5 Å². The standard InChI is InChI=1S/C15H18N4S/c1-3-19-14(12-8-7-10(2)17-12)13(18-15(19)20)11-6-4-5-9-16-11/h4-9,13-14,17H,3H2,1-2H3,(H,18,20)/t13-,14-/m1/s1. The first-order valence-corrected chi connectivity index (χ1v) is 7.25. The molecule has 2 N–H and O–H groups in total. The second kappa shape index (κ2) is 5.25. The summed E-state index contributed by atoms with van der Waals surface area (Å²) in [6, 6.07) is 10.5. The maximum absolute atomic E-state index is 5.47. The van der Waals surface area contributed by atoms with Gasteiger partial charge in [0.25, 0.3) is 0 Å². The number of pyridine rings is 1. The lowest BCUT2D eigenvalue weighted by atomic mass is 10.0. The van der Waals surface area contributed by atoms with Crippen molar-refractivity contribution >= 4 is 17.3 Å². The molecule has 1 aliphatic heterocycles. The lowest BCUT2D eigenvalue weighted by Crippen LogP contribution is -2.29. The highest BCUT2D eigenvalue weighted by Gasteiger charge is 2.39. The van der Waals surface area contributed by atoms with Crippen LogP contribution in [0.25, 0.3) is 0 Å². The minimum atomic E-state index is 0.0849. The fourth-order valence-corrected chi connectivity index (χ4v) is 3.15. The van der Waals surface area contributed by atoms with Gasteiger partial charge in [-0.05, 0) is 50.3 Å². The summed E-state index contributed by atoms with van der Waals surface area (Å²) in [6.07, 6.45) is 1.83. The lowest BCUT2D eigenvalue weighted by Gasteiger charge is -2.25. The second-order valence-corrected chi connectivity index (χ2v) is 5.40. The van der Waals surface area contributed by atoms with E-state index < -0.39 is 0 Å². The van der Waals surface area contributed by atoms with E-state index in [4.69, 9.17) is 12.2 Å². The number of aryl methyl sites for hydroxylation is 1. The number of hydrogen-bond acceptors (Lipinski definition) is 2. The monoisotopic (exact) mass is 286 g/mol. The maximum atomic E-state index is 5.47. The Morgan fingerprint density at radius 1 is 1.30 bits per heavy atom. The molecule has 1 fully saturated rings. The number of nitrogens with zero attached hydrogens (tertiary/aromatic N) is 2. The molecule has 20 heavy (non-hydrogen) atoms. The summed E-state index contributed by atoms with van der Waals surface area (Å²) in [5.41, 5.74) is 3.35. The lowest BCUT2D eigenvalue weighted by molar-refractivity contribution is 0.325. The van der Waals surface area contributed by atoms with Crippen molar-refractivity contribution in [1.82, 2.24) is 20.2 Å². The molecule has 0 radical (unpaired) electrons. The molecule has 0 spiro atoms. The van der Waals surface area contributed by atoms with Gasteiger partial charge in [0.2, 0.25) is 0 Å². The predicted molar refractivity (Wildman–Crippen MR) is 83.4 cm³/mol. The average molecular weight is 286 g/mol. The Labute approximate surface area is 124 Å². The first-order valence-electron chi connectivity index (χ1n) is 6.84. The summed E-state index contributed by atoms with van der Waals surface area (Å²) in [5, 5.41) is 4.20. The van der Waals surface area contributed by atoms with Crippen molar-refractivity contribution in [3.05, 3.63) is 53.6 Å². The first kappa shape index (κ1) is 13.1. The van der Waals surface area contributed by atoms with Gasteiger partial charge in [-0.15, -0.1) is 0 Å². The van der Waals surface area contributed by atoms with E-state index in [1.165, 1.54) is 5.69 Å². The number of thiocarbonyl (C=S) groups is 1. The highest BCUT2D eigenvalue weighted by molar-refractivity contribution is 7.80. The molecule has 0 unspecified atom stereocenters. The third kappa shape index (κ3) is 2.18. The van der Waals surface area contributed by atoms with Gasteiger partial charge in [-0.3, -0.25) is 4.98 Å². The van der Waals surface area contributed by atoms with Crippen molar-refractivity contribution in [3.63, 3.8) is 0 Å². The Bertz CT molecular complexity index is 607. The molecule has 0 aliphatic carbocycles. The number of H-pyrrole nitrogens is 1. The van der Waals surface area contributed by atoms with Gasteiger partial charge in [0.1, 0.15) is 0 Å². The second-order valence-electron chi connectivity index (χ2n) is 5.01. The number of aromatic amines is 1. The van der Waals surface area contributed by atoms with Crippen LogP contribution < -0.4 is 5.32 Å². The number of rotatable bonds is 3. The van der Waals surface area contributed by atoms with Crippen molar-refractivity contribution in [3.8, 4) is 0 Å². The SMILES string of the molecule is CCN1C(=S)N[C@H](c2ccccn2)[C@H]1c1ccc(C)[nH]1. The van der Waals surface area contributed by atoms with Crippen LogP contribution in [0.3, 0.4) is 0 Å². The van der Waals surface area contributed by atoms with E-state index in [0.717, 1.165) is 23.0 Å². The van der Waals surface area contributed by atoms with Crippen molar-refractivity contribution in [2.75, 3.05) is 6.54 Å². The van der Waals surface area contributed by atoms with Crippen molar-refractivity contribution in [2.24, 2.45) is 0 Å². The molecule has 2 aromatic heterocycles. The highest BCUT2D eigenvalue weighted by atomic mass is 32.1. The van der Waals surface area contributed by atoms with Crippen LogP contribution in [0.5, 0.6) is 0 Å². The van der Waals surface area contributed by atoms with Crippen molar-refractivity contribution in [1.29, 1.82) is 0 Å². The van der Waals surface area contributed by atoms with E-state index in [9.17, 15) is 0 Å². The van der Waals surface area contributed by atoms with Crippen LogP contribution >= 0.6 is 12.2 Å². The van der Waals surface area contributed by atoms with Crippen LogP contribution in [-0.2, 0) is 0 Å². The van der Waals surface area contributed by atoms with Crippen molar-refractivity contribution in [2.45, 2.75) is 25.9 Å². The number of aromatic nitrogens is 2. The minimum absolute atomic E-state index is 0.0849. The summed E-state index contributed by atoms with van der Waals surface area (Å²) in [4.78, 5) is 10.1. The highest BCUT2D eigenvalue weighted by Crippen LogP contribution is 2.37. The van der Waals surface area contributed by atoms with Gasteiger partial charge in [-0.1, -0.05) is 6.07 Å². The van der Waals surface area contributed by atoms with E-state index >= 15 is 0 Å². The number of nitrogens with one attached hydrogen (secondary N) is 2. The van der Waals surface area contributed by atoms with Gasteiger partial charge in [-0.25, -0.2) is 0 Å². The van der Waals surface area contributed by atoms with Crippen LogP contribution in [-0.4, -0.2) is 26.5 Å². The Morgan fingerprint density at radius 2 is 2.15 bits per heavy atom. The van der Waals surface area contributed by atoms with Gasteiger partial charge in [0.05, 0.1) is 17.8 Å². The van der Waals surface area contributed by atoms with E-state index in [2.05, 4.69) is 46.2 Å². The van der Waals surface area contributed by atoms with E-state index in [1.54, 1.807) is 0 Å². The summed E-state index contributed by atoms with van der Waals surface area (Å²) in [6.45, 7) is 5.06. The zero-order valence-corrected chi connectivity index (χ0v) is 12.4. The fourth-order valence-electron chi connectivity index (χ4n) is 2.78. The third-order valence-electron chi connectivity index (χ3n) is 3.71. The summed E-state index contributed by atoms with van der Waals surface area (Å²) < 4.78 is 0. The molecule has 4 nitrogen and oxygen atoms in total. The molecule has 0 amide bonds. The summed E-state index contributed by atoms with van der Waals surface area (Å²) >= 11 is 5.47. The molecule has 0 saturated carbocycles. The van der Waals surface area contributed by atoms with Crippen LogP contribution in [0.2, 0.25) is 0 Å². The molecule has 5 heteroatoms. The third-order valence-corrected chi connectivity index (χ3v) is 4.06. The van der Waals surface area contributed by atoms with Crippen LogP contribution in [0.1, 0.15) is 36.1 Å². The van der Waals surface area contributed by atoms with E-state index in [0.29, 0.717) is 0 Å². The zero-order chi connectivity index (χ0) is 14.1. The Hall–Kier alpha value is -1.88. The van der Waals surface area contributed by atoms with Crippen LogP contribution in [0.4, 0.5) is 0 Å². The van der Waals surface area contributed by atoms with Crippen molar-refractivity contribution < 1.29 is 0 Å². The molecule has 104 valence electrons. The van der Waals surface area contributed by atoms with Crippen LogP contribution in [0, 0.1) is 6.92 Å². The quantitative estimate of drug-likeness (QED) is 0.852. The molecule has 1 aliphatic rings. The summed E-state index contributed by atoms with van der Waals surface area (Å²) in [5.74, 6) is 0. The van der Waals surface area contributed by atoms with E-state index in [-0.39, 0.29) is 12.1 Å². The zero-order valence-electron chi connectivity index (χ0n) is 11.6. The normalized spacial score (nSPS) is 22.1. The van der Waals surface area contributed by atoms with Gasteiger partial charge in [0.15, 0.2) is 5.11 Å². The topological polar surface area (TPSA) is 44.0 Å². The van der Waals surface area contributed by atoms with E-state index in [1.807, 2.05) is 24.4 Å². The average Bonchev–Trinajstić information content (AvgIpc) is 3.03. The molecule has 1 saturated heterocycles. The summed E-state index contributed by atoms with van der Waals surface area (Å²) in [7, 11) is 0. The molecule has 0 bridgehead atoms. The smallest absolute Gasteiger partial charge is 0.170 e. The van der Waals surface area contributed by atoms with Gasteiger partial charge >= 0.3 is 0 Å². The maximum Gasteiger partial charge on any atom is 0.170 e. The Morgan fingerprint density at radius 3 is 2.75 bits per heavy atom. The number of hydrogen-bond donors (Lipinski definition) is 2. The minimum Gasteiger partial charge on any atom is -0.361 e. The van der Waals surface area contributed by atoms with Gasteiger partial charge in [-0.2, -0.15) is 0 Å². The first-order chi connectivity index (χ1) is 9.70. The molecular weight excluding hydrogens is 268 g/mol.